The molecule has 0 spiro atoms. The van der Waals surface area contributed by atoms with Gasteiger partial charge in [-0.25, -0.2) is 30.2 Å². The smallest absolute Gasteiger partial charge is 0.330 e. The zero-order chi connectivity index (χ0) is 50.0. The fraction of sp³-hybridized carbons (Fsp3) is 0.179. The number of carbonyl (C=O) groups excluding carboxylic acids is 4. The van der Waals surface area contributed by atoms with Crippen molar-refractivity contribution < 1.29 is 33.9 Å². The maximum Gasteiger partial charge on any atom is 0.330 e. The topological polar surface area (TPSA) is 188 Å². The molecule has 12 rings (SSSR count). The number of amides is 1. The van der Waals surface area contributed by atoms with Crippen LogP contribution in [-0.4, -0.2) is 80.1 Å². The van der Waals surface area contributed by atoms with Gasteiger partial charge < -0.3 is 22.7 Å². The first kappa shape index (κ1) is 48.0. The molecule has 0 saturated heterocycles. The van der Waals surface area contributed by atoms with Gasteiger partial charge in [-0.15, -0.1) is 0 Å². The number of benzene rings is 2. The number of hydrogen-bond donors (Lipinski definition) is 2. The van der Waals surface area contributed by atoms with E-state index in [1.54, 1.807) is 35.3 Å². The summed E-state index contributed by atoms with van der Waals surface area (Å²) in [5, 5.41) is 9.02. The fourth-order valence-electron chi connectivity index (χ4n) is 9.33. The van der Waals surface area contributed by atoms with Crippen molar-refractivity contribution in [2.75, 3.05) is 13.2 Å². The number of rotatable bonds is 11. The predicted molar refractivity (Wildman–Crippen MR) is 269 cm³/mol. The van der Waals surface area contributed by atoms with Gasteiger partial charge in [-0.3, -0.25) is 24.0 Å². The summed E-state index contributed by atoms with van der Waals surface area (Å²) in [6.07, 6.45) is 18.5. The summed E-state index contributed by atoms with van der Waals surface area (Å²) >= 11 is 0. The molecular weight excluding hydrogens is 911 g/mol. The van der Waals surface area contributed by atoms with Crippen LogP contribution >= 0.6 is 0 Å². The lowest BCUT2D eigenvalue weighted by Gasteiger charge is -2.01. The second kappa shape index (κ2) is 22.2. The van der Waals surface area contributed by atoms with Crippen molar-refractivity contribution in [1.82, 2.24) is 43.0 Å². The van der Waals surface area contributed by atoms with Gasteiger partial charge in [0.2, 0.25) is 5.91 Å². The molecule has 72 heavy (non-hydrogen) atoms. The lowest BCUT2D eigenvalue weighted by molar-refractivity contribution is -0.145. The first-order chi connectivity index (χ1) is 35.3. The van der Waals surface area contributed by atoms with Gasteiger partial charge in [0.05, 0.1) is 43.1 Å². The second-order valence-electron chi connectivity index (χ2n) is 16.9. The van der Waals surface area contributed by atoms with Crippen LogP contribution in [0.25, 0.3) is 28.7 Å². The van der Waals surface area contributed by atoms with E-state index < -0.39 is 0 Å². The molecule has 8 heterocycles. The molecule has 2 saturated carbocycles. The summed E-state index contributed by atoms with van der Waals surface area (Å²) in [4.78, 5) is 63.0. The van der Waals surface area contributed by atoms with Gasteiger partial charge in [0.15, 0.2) is 6.29 Å². The van der Waals surface area contributed by atoms with Crippen molar-refractivity contribution in [3.05, 3.63) is 223 Å². The molecule has 2 fully saturated rings. The molecule has 16 nitrogen and oxygen atoms in total. The molecule has 2 aliphatic rings. The Morgan fingerprint density at radius 2 is 0.944 bits per heavy atom. The normalized spacial score (nSPS) is 18.5. The van der Waals surface area contributed by atoms with Crippen LogP contribution in [0.2, 0.25) is 0 Å². The number of ether oxygens (including phenoxy) is 2. The average molecular weight is 962 g/mol. The van der Waals surface area contributed by atoms with E-state index >= 15 is 0 Å². The van der Waals surface area contributed by atoms with Crippen LogP contribution in [0.1, 0.15) is 76.2 Å². The van der Waals surface area contributed by atoms with Crippen LogP contribution in [-0.2, 0) is 23.9 Å². The maximum atomic E-state index is 12.4. The molecule has 16 heteroatoms. The highest BCUT2D eigenvalue weighted by atomic mass is 16.5. The van der Waals surface area contributed by atoms with Crippen molar-refractivity contribution in [3.63, 3.8) is 0 Å². The number of aromatic nitrogens is 8. The van der Waals surface area contributed by atoms with Crippen LogP contribution in [0.4, 0.5) is 0 Å². The Balaban J connectivity index is 0.000000122. The minimum Gasteiger partial charge on any atom is -0.466 e. The number of aldehydes is 1. The first-order valence-electron chi connectivity index (χ1n) is 23.5. The number of esters is 2. The Bertz CT molecular complexity index is 3490. The minimum absolute atomic E-state index is 0.0203. The Labute approximate surface area is 413 Å². The summed E-state index contributed by atoms with van der Waals surface area (Å²) in [6.45, 7) is 4.42. The van der Waals surface area contributed by atoms with E-state index in [9.17, 15) is 19.2 Å². The highest BCUT2D eigenvalue weighted by Gasteiger charge is 2.59. The average Bonchev–Trinajstić information content (AvgIpc) is 3.97. The highest BCUT2D eigenvalue weighted by Crippen LogP contribution is 2.61. The number of hydrogen-bond acceptors (Lipinski definition) is 11. The van der Waals surface area contributed by atoms with Gasteiger partial charge in [0.25, 0.3) is 0 Å². The summed E-state index contributed by atoms with van der Waals surface area (Å²) in [5.41, 5.74) is 11.0. The van der Waals surface area contributed by atoms with E-state index in [4.69, 9.17) is 14.7 Å². The van der Waals surface area contributed by atoms with Crippen LogP contribution in [0, 0.1) is 11.8 Å². The second-order valence-corrected chi connectivity index (χ2v) is 16.9. The molecule has 2 N–H and O–H groups in total. The minimum atomic E-state index is -0.343. The van der Waals surface area contributed by atoms with Gasteiger partial charge in [-0.05, 0) is 79.6 Å². The zero-order valence-electron chi connectivity index (χ0n) is 39.4. The number of pyridine rings is 4. The third-order valence-electron chi connectivity index (χ3n) is 12.6. The van der Waals surface area contributed by atoms with E-state index in [1.807, 2.05) is 174 Å². The van der Waals surface area contributed by atoms with E-state index in [0.29, 0.717) is 18.9 Å². The van der Waals surface area contributed by atoms with Gasteiger partial charge in [-0.1, -0.05) is 84.9 Å². The van der Waals surface area contributed by atoms with Gasteiger partial charge >= 0.3 is 11.9 Å². The monoisotopic (exact) mass is 961 g/mol. The van der Waals surface area contributed by atoms with Crippen LogP contribution in [0.5, 0.6) is 0 Å². The Hall–Kier alpha value is -9.02. The largest absolute Gasteiger partial charge is 0.466 e. The molecule has 1 amide bonds. The SMILES string of the molecule is CCOC(=O)/C=C/c1cnc2ccccn12.CCOC(=O)[C@@H]1[C@H](c2ccccc2)[C@H]1c1cnc2ccccn12.O=C(NO)[C@@H]1[C@H](c2ccccc2)[C@H]1c1cnc2ccccn12.O=Cc1cnc2ccccn12. The number of nitrogens with zero attached hydrogens (tertiary/aromatic N) is 8. The van der Waals surface area contributed by atoms with Crippen molar-refractivity contribution in [1.29, 1.82) is 0 Å². The highest BCUT2D eigenvalue weighted by molar-refractivity contribution is 5.87. The number of fused-ring (bicyclic) bond motifs is 4. The Morgan fingerprint density at radius 1 is 0.528 bits per heavy atom. The molecule has 6 atom stereocenters. The van der Waals surface area contributed by atoms with Crippen molar-refractivity contribution >= 4 is 52.8 Å². The third-order valence-corrected chi connectivity index (χ3v) is 12.6. The molecule has 0 bridgehead atoms. The molecule has 0 aliphatic heterocycles. The van der Waals surface area contributed by atoms with E-state index in [0.717, 1.165) is 51.5 Å². The number of nitrogens with one attached hydrogen (secondary N) is 1. The fourth-order valence-corrected chi connectivity index (χ4v) is 9.33. The third kappa shape index (κ3) is 10.3. The lowest BCUT2D eigenvalue weighted by atomic mass is 10.1. The van der Waals surface area contributed by atoms with Crippen molar-refractivity contribution in [3.8, 4) is 0 Å². The molecule has 0 radical (unpaired) electrons. The van der Waals surface area contributed by atoms with Gasteiger partial charge in [0.1, 0.15) is 28.3 Å². The quantitative estimate of drug-likeness (QED) is 0.0415. The number of carbonyl (C=O) groups is 4. The summed E-state index contributed by atoms with van der Waals surface area (Å²) < 4.78 is 17.8. The van der Waals surface area contributed by atoms with Crippen LogP contribution < -0.4 is 5.48 Å². The molecule has 10 aromatic rings. The lowest BCUT2D eigenvalue weighted by Crippen LogP contribution is -2.21. The summed E-state index contributed by atoms with van der Waals surface area (Å²) in [5.74, 6) is -0.829. The van der Waals surface area contributed by atoms with E-state index in [-0.39, 0.29) is 53.4 Å². The van der Waals surface area contributed by atoms with Crippen molar-refractivity contribution in [2.45, 2.75) is 37.5 Å². The summed E-state index contributed by atoms with van der Waals surface area (Å²) in [7, 11) is 0. The first-order valence-corrected chi connectivity index (χ1v) is 23.5. The van der Waals surface area contributed by atoms with Crippen LogP contribution in [0.15, 0.2) is 189 Å². The number of imidazole rings is 4. The van der Waals surface area contributed by atoms with Gasteiger partial charge in [-0.2, -0.15) is 0 Å². The zero-order valence-corrected chi connectivity index (χ0v) is 39.4. The van der Waals surface area contributed by atoms with Crippen molar-refractivity contribution in [2.24, 2.45) is 11.8 Å². The molecular formula is C56H51N9O7. The van der Waals surface area contributed by atoms with Crippen LogP contribution in [0.3, 0.4) is 0 Å². The predicted octanol–water partition coefficient (Wildman–Crippen LogP) is 8.79. The van der Waals surface area contributed by atoms with E-state index in [2.05, 4.69) is 36.5 Å². The Kier molecular flexibility index (Phi) is 14.8. The molecule has 2 aliphatic carbocycles. The standard InChI is InChI=1S/C19H18N2O2.C17H15N3O2.C12H12N2O2.C8H6N2O/c1-2-23-19(22)18-16(13-8-4-3-5-9-13)17(18)14-12-20-15-10-6-7-11-21(14)15;21-17(19-22)16-14(11-6-2-1-3-7-11)15(16)12-10-18-13-8-4-5-9-20(12)13;1-2-16-12(15)7-6-10-9-13-11-5-3-4-8-14(10)11;11-6-7-5-9-8-3-1-2-4-10(7)8/h3-12,16-18H,2H2,1H3;1-10,14-16,22H,(H,19,21);3-9H,2H2,1H3;1-6H/b;;7-6+;/t16-,17-,18-;14-,15-,16-;;/m11../s1. The molecule has 2 aromatic carbocycles. The summed E-state index contributed by atoms with van der Waals surface area (Å²) in [6, 6.07) is 43.2. The Morgan fingerprint density at radius 3 is 1.43 bits per heavy atom. The molecule has 8 aromatic heterocycles. The molecule has 362 valence electrons. The van der Waals surface area contributed by atoms with Gasteiger partial charge in [0, 0.05) is 78.3 Å². The van der Waals surface area contributed by atoms with E-state index in [1.165, 1.54) is 11.6 Å². The molecule has 0 unspecified atom stereocenters. The maximum absolute atomic E-state index is 12.4. The number of hydroxylamine groups is 1.